The van der Waals surface area contributed by atoms with E-state index in [1.807, 2.05) is 27.7 Å². The van der Waals surface area contributed by atoms with E-state index in [1.54, 1.807) is 0 Å². The van der Waals surface area contributed by atoms with Gasteiger partial charge in [0, 0.05) is 0 Å². The lowest BCUT2D eigenvalue weighted by Crippen LogP contribution is -2.41. The summed E-state index contributed by atoms with van der Waals surface area (Å²) in [5, 5.41) is 0.194. The molecule has 0 radical (unpaired) electrons. The van der Waals surface area contributed by atoms with Crippen LogP contribution in [0, 0.1) is 0 Å². The molecule has 2 nitrogen and oxygen atoms in total. The second-order valence-corrected chi connectivity index (χ2v) is 4.34. The molecule has 12 heavy (non-hydrogen) atoms. The highest BCUT2D eigenvalue weighted by atomic mass is 35.5. The Morgan fingerprint density at radius 1 is 1.00 bits per heavy atom. The first-order valence-corrected chi connectivity index (χ1v) is 4.84. The highest BCUT2D eigenvalue weighted by Crippen LogP contribution is 2.33. The van der Waals surface area contributed by atoms with Crippen molar-refractivity contribution in [3.63, 3.8) is 0 Å². The summed E-state index contributed by atoms with van der Waals surface area (Å²) in [4.78, 5) is 0. The molecule has 0 aromatic rings. The molecule has 72 valence electrons. The fraction of sp³-hybridized carbons (Fsp3) is 1.00. The van der Waals surface area contributed by atoms with E-state index >= 15 is 0 Å². The van der Waals surface area contributed by atoms with Gasteiger partial charge in [-0.25, -0.2) is 0 Å². The average Bonchev–Trinajstić information content (AvgIpc) is 2.08. The normalized spacial score (nSPS) is 23.8. The van der Waals surface area contributed by atoms with Crippen LogP contribution < -0.4 is 0 Å². The maximum absolute atomic E-state index is 5.33. The standard InChI is InChI=1S/C6H13BO2.CH2Cl2/c1-5(2)6(3,4)9-7-8-5;2-1-3/h7H,1-4H3;1H2. The topological polar surface area (TPSA) is 18.5 Å². The van der Waals surface area contributed by atoms with Gasteiger partial charge in [-0.1, -0.05) is 0 Å². The van der Waals surface area contributed by atoms with E-state index in [0.717, 1.165) is 0 Å². The van der Waals surface area contributed by atoms with Gasteiger partial charge in [0.2, 0.25) is 0 Å². The summed E-state index contributed by atoms with van der Waals surface area (Å²) in [5.74, 6) is 0. The first kappa shape index (κ1) is 12.6. The van der Waals surface area contributed by atoms with Crippen molar-refractivity contribution < 1.29 is 9.31 Å². The first-order valence-electron chi connectivity index (χ1n) is 3.77. The molecule has 1 aliphatic heterocycles. The Bertz CT molecular complexity index is 125. The minimum atomic E-state index is -0.132. The van der Waals surface area contributed by atoms with Crippen LogP contribution in [0.5, 0.6) is 0 Å². The Balaban J connectivity index is 0.000000354. The molecule has 0 atom stereocenters. The highest BCUT2D eigenvalue weighted by molar-refractivity contribution is 6.40. The van der Waals surface area contributed by atoms with E-state index in [2.05, 4.69) is 0 Å². The van der Waals surface area contributed by atoms with Gasteiger partial charge < -0.3 is 9.31 Å². The molecule has 1 rings (SSSR count). The SMILES string of the molecule is CC1(C)OBOC1(C)C.ClCCl. The minimum absolute atomic E-state index is 0.132. The molecule has 0 aromatic carbocycles. The zero-order chi connectivity index (χ0) is 9.83. The van der Waals surface area contributed by atoms with E-state index in [0.29, 0.717) is 7.69 Å². The summed E-state index contributed by atoms with van der Waals surface area (Å²) in [6.07, 6.45) is 0. The van der Waals surface area contributed by atoms with Gasteiger partial charge in [0.05, 0.1) is 16.5 Å². The van der Waals surface area contributed by atoms with Crippen LogP contribution in [-0.4, -0.2) is 24.2 Å². The Labute approximate surface area is 84.8 Å². The van der Waals surface area contributed by atoms with Crippen LogP contribution in [0.4, 0.5) is 0 Å². The molecule has 5 heteroatoms. The fourth-order valence-corrected chi connectivity index (χ4v) is 0.672. The summed E-state index contributed by atoms with van der Waals surface area (Å²) in [6, 6.07) is 0. The zero-order valence-corrected chi connectivity index (χ0v) is 9.50. The van der Waals surface area contributed by atoms with Crippen molar-refractivity contribution in [3.05, 3.63) is 0 Å². The maximum Gasteiger partial charge on any atom is 0.439 e. The van der Waals surface area contributed by atoms with E-state index in [1.165, 1.54) is 0 Å². The molecular weight excluding hydrogens is 198 g/mol. The third-order valence-electron chi connectivity index (χ3n) is 2.29. The molecule has 1 heterocycles. The summed E-state index contributed by atoms with van der Waals surface area (Å²) in [5.41, 5.74) is -0.264. The second kappa shape index (κ2) is 4.70. The fourth-order valence-electron chi connectivity index (χ4n) is 0.672. The summed E-state index contributed by atoms with van der Waals surface area (Å²) in [7, 11) is 0.431. The Kier molecular flexibility index (Phi) is 4.93. The number of alkyl halides is 2. The summed E-state index contributed by atoms with van der Waals surface area (Å²) in [6.45, 7) is 8.17. The van der Waals surface area contributed by atoms with Gasteiger partial charge in [-0.15, -0.1) is 23.2 Å². The van der Waals surface area contributed by atoms with Gasteiger partial charge in [0.15, 0.2) is 0 Å². The van der Waals surface area contributed by atoms with Gasteiger partial charge in [-0.3, -0.25) is 0 Å². The molecule has 0 N–H and O–H groups in total. The molecule has 0 unspecified atom stereocenters. The molecule has 0 spiro atoms. The zero-order valence-electron chi connectivity index (χ0n) is 7.99. The van der Waals surface area contributed by atoms with Gasteiger partial charge in [0.25, 0.3) is 0 Å². The van der Waals surface area contributed by atoms with Crippen LogP contribution in [0.25, 0.3) is 0 Å². The smallest absolute Gasteiger partial charge is 0.406 e. The highest BCUT2D eigenvalue weighted by Gasteiger charge is 2.44. The predicted octanol–water partition coefficient (Wildman–Crippen LogP) is 2.28. The average molecular weight is 213 g/mol. The van der Waals surface area contributed by atoms with Crippen LogP contribution in [0.15, 0.2) is 0 Å². The summed E-state index contributed by atoms with van der Waals surface area (Å²) < 4.78 is 10.7. The van der Waals surface area contributed by atoms with Gasteiger partial charge in [0.1, 0.15) is 0 Å². The van der Waals surface area contributed by atoms with E-state index in [4.69, 9.17) is 32.5 Å². The van der Waals surface area contributed by atoms with Crippen LogP contribution in [0.2, 0.25) is 0 Å². The molecule has 1 saturated heterocycles. The minimum Gasteiger partial charge on any atom is -0.406 e. The Morgan fingerprint density at radius 2 is 1.25 bits per heavy atom. The molecule has 0 saturated carbocycles. The third-order valence-corrected chi connectivity index (χ3v) is 2.29. The van der Waals surface area contributed by atoms with Gasteiger partial charge in [-0.2, -0.15) is 0 Å². The number of hydrogen-bond acceptors (Lipinski definition) is 2. The van der Waals surface area contributed by atoms with Gasteiger partial charge in [-0.05, 0) is 27.7 Å². The largest absolute Gasteiger partial charge is 0.439 e. The van der Waals surface area contributed by atoms with Crippen molar-refractivity contribution in [2.24, 2.45) is 0 Å². The summed E-state index contributed by atoms with van der Waals surface area (Å²) >= 11 is 9.53. The van der Waals surface area contributed by atoms with Crippen LogP contribution in [-0.2, 0) is 9.31 Å². The van der Waals surface area contributed by atoms with Crippen molar-refractivity contribution in [3.8, 4) is 0 Å². The monoisotopic (exact) mass is 212 g/mol. The molecular formula is C7H15BCl2O2. The van der Waals surface area contributed by atoms with Crippen molar-refractivity contribution in [2.75, 3.05) is 5.34 Å². The lowest BCUT2D eigenvalue weighted by molar-refractivity contribution is 0.00578. The van der Waals surface area contributed by atoms with Crippen molar-refractivity contribution in [1.29, 1.82) is 0 Å². The van der Waals surface area contributed by atoms with Crippen LogP contribution >= 0.6 is 23.2 Å². The predicted molar refractivity (Wildman–Crippen MR) is 54.1 cm³/mol. The van der Waals surface area contributed by atoms with E-state index in [9.17, 15) is 0 Å². The maximum atomic E-state index is 5.33. The first-order chi connectivity index (χ1) is 5.37. The lowest BCUT2D eigenvalue weighted by Gasteiger charge is -2.32. The second-order valence-electron chi connectivity index (χ2n) is 3.53. The Morgan fingerprint density at radius 3 is 1.33 bits per heavy atom. The van der Waals surface area contributed by atoms with E-state index < -0.39 is 0 Å². The molecule has 1 aliphatic rings. The third kappa shape index (κ3) is 3.13. The van der Waals surface area contributed by atoms with Crippen LogP contribution in [0.1, 0.15) is 27.7 Å². The molecule has 0 bridgehead atoms. The Hall–Kier alpha value is 0.565. The number of hydrogen-bond donors (Lipinski definition) is 0. The van der Waals surface area contributed by atoms with Crippen molar-refractivity contribution >= 4 is 30.9 Å². The molecule has 0 amide bonds. The van der Waals surface area contributed by atoms with Gasteiger partial charge >= 0.3 is 7.69 Å². The quantitative estimate of drug-likeness (QED) is 0.453. The van der Waals surface area contributed by atoms with E-state index in [-0.39, 0.29) is 16.5 Å². The molecule has 1 fully saturated rings. The lowest BCUT2D eigenvalue weighted by atomic mass is 9.90. The van der Waals surface area contributed by atoms with Crippen molar-refractivity contribution in [2.45, 2.75) is 38.9 Å². The van der Waals surface area contributed by atoms with Crippen molar-refractivity contribution in [1.82, 2.24) is 0 Å². The van der Waals surface area contributed by atoms with Crippen LogP contribution in [0.3, 0.4) is 0 Å². The number of rotatable bonds is 0. The number of halogens is 2. The molecule has 0 aromatic heterocycles. The molecule has 0 aliphatic carbocycles.